The maximum absolute atomic E-state index is 12.7. The Balaban J connectivity index is 2.10. The van der Waals surface area contributed by atoms with Gasteiger partial charge in [0.05, 0.1) is 0 Å². The van der Waals surface area contributed by atoms with Crippen LogP contribution in [0.3, 0.4) is 0 Å². The molecule has 0 amide bonds. The molecule has 0 N–H and O–H groups in total. The molecule has 0 bridgehead atoms. The standard InChI is InChI=1S/C27H23Br2O2P/c1-31-27(30)26-19-22(28)18-17-21(26)20-32(29,23-11-5-2-6-12-23,24-13-7-3-8-14-24)25-15-9-4-10-16-25/h2-19H,20H2,1H3. The van der Waals surface area contributed by atoms with E-state index in [9.17, 15) is 4.79 Å². The van der Waals surface area contributed by atoms with Gasteiger partial charge in [-0.2, -0.15) is 0 Å². The van der Waals surface area contributed by atoms with E-state index in [4.69, 9.17) is 4.74 Å². The second-order valence-electron chi connectivity index (χ2n) is 7.64. The van der Waals surface area contributed by atoms with Crippen LogP contribution in [-0.4, -0.2) is 13.1 Å². The summed E-state index contributed by atoms with van der Waals surface area (Å²) in [4.78, 5) is 12.7. The number of halogens is 2. The van der Waals surface area contributed by atoms with E-state index >= 15 is 0 Å². The zero-order valence-corrected chi connectivity index (χ0v) is 21.7. The number of hydrogen-bond donors (Lipinski definition) is 0. The van der Waals surface area contributed by atoms with Crippen molar-refractivity contribution >= 4 is 58.6 Å². The van der Waals surface area contributed by atoms with Gasteiger partial charge < -0.3 is 0 Å². The fourth-order valence-corrected chi connectivity index (χ4v) is 12.3. The van der Waals surface area contributed by atoms with E-state index in [0.29, 0.717) is 11.7 Å². The molecule has 0 fully saturated rings. The number of methoxy groups -OCH3 is 1. The first kappa shape index (κ1) is 22.9. The van der Waals surface area contributed by atoms with Gasteiger partial charge >= 0.3 is 206 Å². The maximum atomic E-state index is 12.7. The van der Waals surface area contributed by atoms with Gasteiger partial charge in [0.2, 0.25) is 0 Å². The predicted octanol–water partition coefficient (Wildman–Crippen LogP) is 6.58. The van der Waals surface area contributed by atoms with Gasteiger partial charge in [0.25, 0.3) is 0 Å². The molecule has 32 heavy (non-hydrogen) atoms. The Morgan fingerprint density at radius 3 is 1.59 bits per heavy atom. The molecule has 4 aromatic carbocycles. The Labute approximate surface area is 205 Å². The second kappa shape index (κ2) is 9.31. The molecule has 4 rings (SSSR count). The Bertz CT molecular complexity index is 1130. The zero-order valence-electron chi connectivity index (χ0n) is 17.6. The summed E-state index contributed by atoms with van der Waals surface area (Å²) in [6, 6.07) is 37.5. The number of benzene rings is 4. The van der Waals surface area contributed by atoms with Gasteiger partial charge in [0.1, 0.15) is 0 Å². The summed E-state index contributed by atoms with van der Waals surface area (Å²) >= 11 is 7.96. The topological polar surface area (TPSA) is 26.3 Å². The molecule has 0 aliphatic rings. The van der Waals surface area contributed by atoms with Crippen LogP contribution in [0.5, 0.6) is 0 Å². The number of rotatable bonds is 6. The first-order valence-electron chi connectivity index (χ1n) is 10.2. The van der Waals surface area contributed by atoms with E-state index < -0.39 is 5.31 Å². The molecule has 0 aliphatic carbocycles. The predicted molar refractivity (Wildman–Crippen MR) is 143 cm³/mol. The van der Waals surface area contributed by atoms with Crippen molar-refractivity contribution in [3.05, 3.63) is 125 Å². The Hall–Kier alpha value is -2.26. The molecule has 0 saturated carbocycles. The summed E-state index contributed by atoms with van der Waals surface area (Å²) in [6.07, 6.45) is 0.626. The van der Waals surface area contributed by atoms with Crippen molar-refractivity contribution < 1.29 is 9.53 Å². The molecular formula is C27H23Br2O2P. The van der Waals surface area contributed by atoms with E-state index in [1.807, 2.05) is 36.4 Å². The Kier molecular flexibility index (Phi) is 6.67. The molecule has 5 heteroatoms. The normalized spacial score (nSPS) is 12.5. The number of carbonyl (C=O) groups is 1. The summed E-state index contributed by atoms with van der Waals surface area (Å²) in [5.74, 6) is -0.340. The van der Waals surface area contributed by atoms with Crippen LogP contribution >= 0.6 is 36.7 Å². The van der Waals surface area contributed by atoms with Crippen molar-refractivity contribution in [2.24, 2.45) is 0 Å². The van der Waals surface area contributed by atoms with E-state index in [-0.39, 0.29) is 5.97 Å². The molecule has 162 valence electrons. The van der Waals surface area contributed by atoms with Crippen molar-refractivity contribution in [1.82, 2.24) is 0 Å². The summed E-state index contributed by atoms with van der Waals surface area (Å²) < 4.78 is 5.98. The Morgan fingerprint density at radius 2 is 1.19 bits per heavy atom. The van der Waals surface area contributed by atoms with Crippen LogP contribution in [-0.2, 0) is 10.9 Å². The quantitative estimate of drug-likeness (QED) is 0.194. The molecular weight excluding hydrogens is 547 g/mol. The van der Waals surface area contributed by atoms with Gasteiger partial charge in [-0.3, -0.25) is 0 Å². The average Bonchev–Trinajstić information content (AvgIpc) is 2.86. The summed E-state index contributed by atoms with van der Waals surface area (Å²) in [5.41, 5.74) is 1.50. The van der Waals surface area contributed by atoms with Crippen LogP contribution in [0.15, 0.2) is 114 Å². The molecule has 4 aromatic rings. The first-order valence-corrected chi connectivity index (χ1v) is 15.5. The zero-order chi connectivity index (χ0) is 22.6. The van der Waals surface area contributed by atoms with Crippen LogP contribution in [0, 0.1) is 0 Å². The van der Waals surface area contributed by atoms with Crippen molar-refractivity contribution in [3.8, 4) is 0 Å². The fourth-order valence-electron chi connectivity index (χ4n) is 4.24. The van der Waals surface area contributed by atoms with Crippen molar-refractivity contribution in [1.29, 1.82) is 0 Å². The van der Waals surface area contributed by atoms with Gasteiger partial charge in [-0.1, -0.05) is 0 Å². The van der Waals surface area contributed by atoms with Crippen molar-refractivity contribution in [2.75, 3.05) is 7.11 Å². The third-order valence-corrected chi connectivity index (χ3v) is 15.8. The first-order chi connectivity index (χ1) is 15.5. The van der Waals surface area contributed by atoms with Gasteiger partial charge in [0, 0.05) is 0 Å². The van der Waals surface area contributed by atoms with Crippen LogP contribution in [0.25, 0.3) is 0 Å². The molecule has 0 saturated heterocycles. The molecule has 0 aromatic heterocycles. The molecule has 0 atom stereocenters. The molecule has 0 heterocycles. The summed E-state index contributed by atoms with van der Waals surface area (Å²) in [7, 11) is 1.42. The van der Waals surface area contributed by atoms with E-state index in [1.165, 1.54) is 23.0 Å². The van der Waals surface area contributed by atoms with Crippen molar-refractivity contribution in [3.63, 3.8) is 0 Å². The van der Waals surface area contributed by atoms with Gasteiger partial charge in [-0.25, -0.2) is 0 Å². The van der Waals surface area contributed by atoms with Gasteiger partial charge in [-0.05, 0) is 0 Å². The van der Waals surface area contributed by atoms with Crippen LogP contribution < -0.4 is 15.9 Å². The Morgan fingerprint density at radius 1 is 0.750 bits per heavy atom. The molecule has 0 aliphatic heterocycles. The van der Waals surface area contributed by atoms with Gasteiger partial charge in [-0.15, -0.1) is 0 Å². The van der Waals surface area contributed by atoms with E-state index in [1.54, 1.807) is 0 Å². The van der Waals surface area contributed by atoms with Gasteiger partial charge in [0.15, 0.2) is 0 Å². The van der Waals surface area contributed by atoms with Crippen LogP contribution in [0.1, 0.15) is 15.9 Å². The molecule has 0 spiro atoms. The third kappa shape index (κ3) is 3.96. The second-order valence-corrected chi connectivity index (χ2v) is 17.5. The monoisotopic (exact) mass is 568 g/mol. The van der Waals surface area contributed by atoms with Crippen molar-refractivity contribution in [2.45, 2.75) is 6.16 Å². The minimum atomic E-state index is -3.20. The summed E-state index contributed by atoms with van der Waals surface area (Å²) in [5, 5.41) is 0.406. The third-order valence-electron chi connectivity index (χ3n) is 5.83. The number of esters is 1. The minimum absolute atomic E-state index is 0.340. The van der Waals surface area contributed by atoms with E-state index in [0.717, 1.165) is 10.0 Å². The van der Waals surface area contributed by atoms with E-state index in [2.05, 4.69) is 104 Å². The SMILES string of the molecule is COC(=O)c1cc(Br)ccc1CP(Br)(c1ccccc1)(c1ccccc1)c1ccccc1. The van der Waals surface area contributed by atoms with Crippen LogP contribution in [0.4, 0.5) is 0 Å². The summed E-state index contributed by atoms with van der Waals surface area (Å²) in [6.45, 7) is 0. The fraction of sp³-hybridized carbons (Fsp3) is 0.0741. The number of hydrogen-bond acceptors (Lipinski definition) is 2. The number of carbonyl (C=O) groups excluding carboxylic acids is 1. The molecule has 0 radical (unpaired) electrons. The van der Waals surface area contributed by atoms with Crippen LogP contribution in [0.2, 0.25) is 0 Å². The molecule has 0 unspecified atom stereocenters. The number of ether oxygens (including phenoxy) is 1. The average molecular weight is 570 g/mol. The molecule has 2 nitrogen and oxygen atoms in total.